The zero-order valence-corrected chi connectivity index (χ0v) is 28.6. The standard InChI is InChI=1S/C32H68N4O4/c1-29(2)23-27(24-30(3,4)33(29)37)39-21-19-35(9,10)17-15-13-14-16-18-36(11,12)20-22-40-28-25-31(5,6)34(38)32(7,8)26-28/h27-28,37-38H,13-26H2,1-12H3/q+2. The molecule has 2 N–H and O–H groups in total. The first kappa shape index (κ1) is 35.9. The number of rotatable bonds is 15. The Hall–Kier alpha value is -0.320. The molecule has 8 heteroatoms. The van der Waals surface area contributed by atoms with E-state index in [0.29, 0.717) is 0 Å². The fourth-order valence-corrected chi connectivity index (χ4v) is 7.18. The minimum Gasteiger partial charge on any atom is -0.372 e. The van der Waals surface area contributed by atoms with E-state index >= 15 is 0 Å². The molecule has 0 aromatic heterocycles. The van der Waals surface area contributed by atoms with E-state index in [2.05, 4.69) is 83.6 Å². The van der Waals surface area contributed by atoms with Gasteiger partial charge in [-0.25, -0.2) is 0 Å². The van der Waals surface area contributed by atoms with Crippen LogP contribution in [0.1, 0.15) is 107 Å². The first-order valence-electron chi connectivity index (χ1n) is 15.9. The van der Waals surface area contributed by atoms with Gasteiger partial charge in [-0.2, -0.15) is 10.1 Å². The van der Waals surface area contributed by atoms with Crippen molar-refractivity contribution in [2.24, 2.45) is 0 Å². The first-order chi connectivity index (χ1) is 18.1. The number of piperidine rings is 2. The molecule has 8 nitrogen and oxygen atoms in total. The minimum absolute atomic E-state index is 0.201. The average Bonchev–Trinajstić information content (AvgIpc) is 2.77. The van der Waals surface area contributed by atoms with E-state index in [4.69, 9.17) is 9.47 Å². The molecule has 0 atom stereocenters. The van der Waals surface area contributed by atoms with E-state index in [1.54, 1.807) is 0 Å². The summed E-state index contributed by atoms with van der Waals surface area (Å²) in [4.78, 5) is 0. The molecule has 0 bridgehead atoms. The molecule has 0 unspecified atom stereocenters. The maximum atomic E-state index is 10.5. The highest BCUT2D eigenvalue weighted by atomic mass is 16.5. The molecule has 2 aliphatic heterocycles. The third-order valence-corrected chi connectivity index (χ3v) is 9.58. The van der Waals surface area contributed by atoms with Crippen molar-refractivity contribution in [3.63, 3.8) is 0 Å². The first-order valence-corrected chi connectivity index (χ1v) is 15.9. The monoisotopic (exact) mass is 573 g/mol. The normalized spacial score (nSPS) is 24.4. The predicted molar refractivity (Wildman–Crippen MR) is 164 cm³/mol. The second kappa shape index (κ2) is 13.5. The zero-order chi connectivity index (χ0) is 30.6. The fraction of sp³-hybridized carbons (Fsp3) is 1.00. The lowest BCUT2D eigenvalue weighted by Crippen LogP contribution is -2.60. The highest BCUT2D eigenvalue weighted by molar-refractivity contribution is 4.97. The molecule has 0 radical (unpaired) electrons. The number of ether oxygens (including phenoxy) is 2. The van der Waals surface area contributed by atoms with Crippen LogP contribution in [-0.4, -0.2) is 131 Å². The Kier molecular flexibility index (Phi) is 12.1. The van der Waals surface area contributed by atoms with Gasteiger partial charge in [0.25, 0.3) is 0 Å². The molecular formula is C32H68N4O4+2. The van der Waals surface area contributed by atoms with Crippen molar-refractivity contribution in [2.75, 3.05) is 67.6 Å². The van der Waals surface area contributed by atoms with Crippen LogP contribution in [0.5, 0.6) is 0 Å². The van der Waals surface area contributed by atoms with Crippen LogP contribution in [0.25, 0.3) is 0 Å². The van der Waals surface area contributed by atoms with Gasteiger partial charge in [-0.15, -0.1) is 0 Å². The van der Waals surface area contributed by atoms with Gasteiger partial charge in [0.15, 0.2) is 0 Å². The summed E-state index contributed by atoms with van der Waals surface area (Å²) in [6.07, 6.45) is 8.91. The number of hydrogen-bond donors (Lipinski definition) is 2. The van der Waals surface area contributed by atoms with Crippen LogP contribution >= 0.6 is 0 Å². The maximum absolute atomic E-state index is 10.5. The van der Waals surface area contributed by atoms with Gasteiger partial charge in [-0.3, -0.25) is 0 Å². The topological polar surface area (TPSA) is 65.4 Å². The lowest BCUT2D eigenvalue weighted by atomic mass is 9.80. The number of unbranched alkanes of at least 4 members (excludes halogenated alkanes) is 3. The van der Waals surface area contributed by atoms with Crippen LogP contribution in [0.15, 0.2) is 0 Å². The fourth-order valence-electron chi connectivity index (χ4n) is 7.18. The maximum Gasteiger partial charge on any atom is 0.102 e. The van der Waals surface area contributed by atoms with E-state index in [1.807, 2.05) is 0 Å². The van der Waals surface area contributed by atoms with Crippen molar-refractivity contribution >= 4 is 0 Å². The zero-order valence-electron chi connectivity index (χ0n) is 28.6. The molecule has 2 heterocycles. The Bertz CT molecular complexity index is 681. The Balaban J connectivity index is 1.59. The molecule has 2 rings (SSSR count). The van der Waals surface area contributed by atoms with Crippen LogP contribution in [0, 0.1) is 0 Å². The molecule has 2 fully saturated rings. The molecule has 0 saturated carbocycles. The molecule has 0 spiro atoms. The Morgan fingerprint density at radius 1 is 0.525 bits per heavy atom. The number of quaternary nitrogens is 2. The Morgan fingerprint density at radius 3 is 1.07 bits per heavy atom. The lowest BCUT2D eigenvalue weighted by molar-refractivity contribution is -0.891. The summed E-state index contributed by atoms with van der Waals surface area (Å²) in [5.74, 6) is 0. The van der Waals surface area contributed by atoms with Gasteiger partial charge in [0.1, 0.15) is 13.1 Å². The smallest absolute Gasteiger partial charge is 0.102 e. The Morgan fingerprint density at radius 2 is 0.800 bits per heavy atom. The van der Waals surface area contributed by atoms with Crippen molar-refractivity contribution in [1.82, 2.24) is 10.1 Å². The minimum atomic E-state index is -0.260. The second-order valence-corrected chi connectivity index (χ2v) is 16.9. The highest BCUT2D eigenvalue weighted by Crippen LogP contribution is 2.39. The van der Waals surface area contributed by atoms with Gasteiger partial charge in [0, 0.05) is 22.2 Å². The summed E-state index contributed by atoms with van der Waals surface area (Å²) in [5, 5.41) is 24.1. The van der Waals surface area contributed by atoms with E-state index in [-0.39, 0.29) is 34.4 Å². The largest absolute Gasteiger partial charge is 0.372 e. The molecule has 0 amide bonds. The number of nitrogens with zero attached hydrogens (tertiary/aromatic N) is 4. The van der Waals surface area contributed by atoms with Crippen LogP contribution in [0.4, 0.5) is 0 Å². The molecule has 40 heavy (non-hydrogen) atoms. The van der Waals surface area contributed by atoms with Crippen molar-refractivity contribution < 1.29 is 28.9 Å². The van der Waals surface area contributed by atoms with Crippen molar-refractivity contribution in [3.05, 3.63) is 0 Å². The SMILES string of the molecule is CC1(C)CC(OCC[N+](C)(C)CCCCCC[N+](C)(C)CCOC2CC(C)(C)N(O)C(C)(C)C2)CC(C)(C)N1O. The van der Waals surface area contributed by atoms with Gasteiger partial charge in [-0.1, -0.05) is 0 Å². The summed E-state index contributed by atoms with van der Waals surface area (Å²) in [7, 11) is 9.28. The average molecular weight is 573 g/mol. The molecule has 0 aliphatic carbocycles. The van der Waals surface area contributed by atoms with E-state index < -0.39 is 0 Å². The summed E-state index contributed by atoms with van der Waals surface area (Å²) in [6, 6.07) is 0. The van der Waals surface area contributed by atoms with Crippen LogP contribution in [-0.2, 0) is 9.47 Å². The van der Waals surface area contributed by atoms with E-state index in [0.717, 1.165) is 61.0 Å². The van der Waals surface area contributed by atoms with Gasteiger partial charge in [-0.05, 0) is 107 Å². The highest BCUT2D eigenvalue weighted by Gasteiger charge is 2.46. The number of likely N-dealkylation sites (N-methyl/N-ethyl adjacent to an activating group) is 2. The van der Waals surface area contributed by atoms with Crippen LogP contribution in [0.2, 0.25) is 0 Å². The summed E-state index contributed by atoms with van der Waals surface area (Å²) in [6.45, 7) is 22.8. The molecule has 0 aromatic rings. The number of hydroxylamine groups is 4. The summed E-state index contributed by atoms with van der Waals surface area (Å²) in [5.41, 5.74) is -1.04. The third kappa shape index (κ3) is 10.7. The number of hydrogen-bond acceptors (Lipinski definition) is 6. The quantitative estimate of drug-likeness (QED) is 0.198. The predicted octanol–water partition coefficient (Wildman–Crippen LogP) is 5.55. The van der Waals surface area contributed by atoms with E-state index in [1.165, 1.54) is 48.9 Å². The van der Waals surface area contributed by atoms with Crippen LogP contribution in [0.3, 0.4) is 0 Å². The van der Waals surface area contributed by atoms with Gasteiger partial charge >= 0.3 is 0 Å². The van der Waals surface area contributed by atoms with E-state index in [9.17, 15) is 10.4 Å². The second-order valence-electron chi connectivity index (χ2n) is 16.9. The molecular weight excluding hydrogens is 504 g/mol. The van der Waals surface area contributed by atoms with Crippen molar-refractivity contribution in [3.8, 4) is 0 Å². The van der Waals surface area contributed by atoms with Gasteiger partial charge in [0.2, 0.25) is 0 Å². The van der Waals surface area contributed by atoms with Crippen molar-refractivity contribution in [1.29, 1.82) is 0 Å². The molecule has 2 saturated heterocycles. The van der Waals surface area contributed by atoms with Gasteiger partial charge < -0.3 is 28.9 Å². The lowest BCUT2D eigenvalue weighted by Gasteiger charge is -2.51. The summed E-state index contributed by atoms with van der Waals surface area (Å²) < 4.78 is 14.7. The molecule has 238 valence electrons. The molecule has 2 aliphatic rings. The van der Waals surface area contributed by atoms with Gasteiger partial charge in [0.05, 0.1) is 66.7 Å². The Labute approximate surface area is 247 Å². The van der Waals surface area contributed by atoms with Crippen LogP contribution < -0.4 is 0 Å². The van der Waals surface area contributed by atoms with Crippen molar-refractivity contribution in [2.45, 2.75) is 141 Å². The molecule has 0 aromatic carbocycles. The summed E-state index contributed by atoms with van der Waals surface area (Å²) >= 11 is 0. The third-order valence-electron chi connectivity index (χ3n) is 9.58.